The number of thioether (sulfide) groups is 1. The molecular formula is C21H19N5O2S. The Balaban J connectivity index is 1.57. The summed E-state index contributed by atoms with van der Waals surface area (Å²) < 4.78 is 7.18. The topological polar surface area (TPSA) is 85.8 Å². The molecular weight excluding hydrogens is 386 g/mol. The van der Waals surface area contributed by atoms with Crippen LogP contribution >= 0.6 is 11.8 Å². The van der Waals surface area contributed by atoms with Gasteiger partial charge in [-0.15, -0.1) is 10.2 Å². The minimum atomic E-state index is -0.106. The van der Waals surface area contributed by atoms with E-state index in [0.29, 0.717) is 23.3 Å². The quantitative estimate of drug-likeness (QED) is 0.473. The number of para-hydroxylation sites is 1. The summed E-state index contributed by atoms with van der Waals surface area (Å²) in [7, 11) is 0. The van der Waals surface area contributed by atoms with Crippen LogP contribution in [0.15, 0.2) is 76.6 Å². The SMILES string of the molecule is Cc1ccccc1-n1c(SCC(=O)NCc2ccco2)nnc1-c1ccccn1. The molecule has 0 atom stereocenters. The van der Waals surface area contributed by atoms with Crippen molar-refractivity contribution in [2.75, 3.05) is 5.75 Å². The Hall–Kier alpha value is -3.39. The first-order valence-electron chi connectivity index (χ1n) is 9.07. The van der Waals surface area contributed by atoms with Gasteiger partial charge in [0, 0.05) is 6.20 Å². The van der Waals surface area contributed by atoms with E-state index in [9.17, 15) is 4.79 Å². The number of nitrogens with zero attached hydrogens (tertiary/aromatic N) is 4. The van der Waals surface area contributed by atoms with Crippen LogP contribution in [-0.4, -0.2) is 31.4 Å². The fraction of sp³-hybridized carbons (Fsp3) is 0.143. The van der Waals surface area contributed by atoms with E-state index in [1.165, 1.54) is 11.8 Å². The third kappa shape index (κ3) is 4.38. The Kier molecular flexibility index (Phi) is 5.71. The molecule has 1 amide bonds. The highest BCUT2D eigenvalue weighted by Gasteiger charge is 2.19. The Morgan fingerprint density at radius 2 is 1.97 bits per heavy atom. The Bertz CT molecular complexity index is 1090. The van der Waals surface area contributed by atoms with Crippen molar-refractivity contribution in [3.63, 3.8) is 0 Å². The maximum absolute atomic E-state index is 12.3. The molecule has 29 heavy (non-hydrogen) atoms. The molecule has 0 aliphatic heterocycles. The van der Waals surface area contributed by atoms with Gasteiger partial charge in [0.15, 0.2) is 11.0 Å². The molecule has 0 saturated heterocycles. The Labute approximate surface area is 172 Å². The lowest BCUT2D eigenvalue weighted by molar-refractivity contribution is -0.118. The first kappa shape index (κ1) is 18.9. The van der Waals surface area contributed by atoms with Gasteiger partial charge in [-0.05, 0) is 42.8 Å². The summed E-state index contributed by atoms with van der Waals surface area (Å²) in [5.74, 6) is 1.46. The normalized spacial score (nSPS) is 10.8. The largest absolute Gasteiger partial charge is 0.467 e. The van der Waals surface area contributed by atoms with E-state index < -0.39 is 0 Å². The molecule has 0 unspecified atom stereocenters. The fourth-order valence-corrected chi connectivity index (χ4v) is 3.61. The second-order valence-corrected chi connectivity index (χ2v) is 7.23. The summed E-state index contributed by atoms with van der Waals surface area (Å²) in [6.07, 6.45) is 3.31. The number of carbonyl (C=O) groups excluding carboxylic acids is 1. The number of furan rings is 1. The van der Waals surface area contributed by atoms with Gasteiger partial charge < -0.3 is 9.73 Å². The maximum atomic E-state index is 12.3. The van der Waals surface area contributed by atoms with E-state index in [4.69, 9.17) is 4.42 Å². The van der Waals surface area contributed by atoms with Gasteiger partial charge in [0.2, 0.25) is 5.91 Å². The Morgan fingerprint density at radius 1 is 1.10 bits per heavy atom. The molecule has 4 aromatic rings. The summed E-state index contributed by atoms with van der Waals surface area (Å²) in [4.78, 5) is 16.7. The van der Waals surface area contributed by atoms with Crippen molar-refractivity contribution in [3.05, 3.63) is 78.4 Å². The molecule has 0 radical (unpaired) electrons. The standard InChI is InChI=1S/C21H19N5O2S/c1-15-7-2-3-10-18(15)26-20(17-9-4-5-11-22-17)24-25-21(26)29-14-19(27)23-13-16-8-6-12-28-16/h2-12H,13-14H2,1H3,(H,23,27). The summed E-state index contributed by atoms with van der Waals surface area (Å²) in [6.45, 7) is 2.39. The number of benzene rings is 1. The highest BCUT2D eigenvalue weighted by Crippen LogP contribution is 2.28. The lowest BCUT2D eigenvalue weighted by atomic mass is 10.2. The summed E-state index contributed by atoms with van der Waals surface area (Å²) in [5, 5.41) is 12.2. The zero-order chi connectivity index (χ0) is 20.1. The molecule has 1 N–H and O–H groups in total. The van der Waals surface area contributed by atoms with E-state index in [-0.39, 0.29) is 11.7 Å². The van der Waals surface area contributed by atoms with Crippen LogP contribution in [0.2, 0.25) is 0 Å². The second kappa shape index (κ2) is 8.74. The molecule has 0 saturated carbocycles. The summed E-state index contributed by atoms with van der Waals surface area (Å²) in [6, 6.07) is 17.3. The van der Waals surface area contributed by atoms with Crippen LogP contribution in [0.5, 0.6) is 0 Å². The summed E-state index contributed by atoms with van der Waals surface area (Å²) in [5.41, 5.74) is 2.75. The number of amides is 1. The van der Waals surface area contributed by atoms with Gasteiger partial charge in [-0.3, -0.25) is 14.3 Å². The van der Waals surface area contributed by atoms with Crippen molar-refractivity contribution >= 4 is 17.7 Å². The predicted molar refractivity (Wildman–Crippen MR) is 111 cm³/mol. The highest BCUT2D eigenvalue weighted by molar-refractivity contribution is 7.99. The highest BCUT2D eigenvalue weighted by atomic mass is 32.2. The third-order valence-electron chi connectivity index (χ3n) is 4.26. The molecule has 0 aliphatic carbocycles. The lowest BCUT2D eigenvalue weighted by Crippen LogP contribution is -2.24. The van der Waals surface area contributed by atoms with Crippen LogP contribution < -0.4 is 5.32 Å². The molecule has 0 aliphatic rings. The maximum Gasteiger partial charge on any atom is 0.230 e. The van der Waals surface area contributed by atoms with Crippen molar-refractivity contribution in [1.29, 1.82) is 0 Å². The van der Waals surface area contributed by atoms with Gasteiger partial charge in [0.25, 0.3) is 0 Å². The van der Waals surface area contributed by atoms with E-state index in [2.05, 4.69) is 20.5 Å². The minimum absolute atomic E-state index is 0.106. The van der Waals surface area contributed by atoms with Crippen LogP contribution in [0.25, 0.3) is 17.2 Å². The van der Waals surface area contributed by atoms with Gasteiger partial charge in [0.1, 0.15) is 11.5 Å². The number of aryl methyl sites for hydroxylation is 1. The number of hydrogen-bond donors (Lipinski definition) is 1. The number of hydrogen-bond acceptors (Lipinski definition) is 6. The first-order chi connectivity index (χ1) is 14.2. The smallest absolute Gasteiger partial charge is 0.230 e. The Morgan fingerprint density at radius 3 is 2.72 bits per heavy atom. The molecule has 0 fully saturated rings. The average Bonchev–Trinajstić information content (AvgIpc) is 3.42. The van der Waals surface area contributed by atoms with Gasteiger partial charge in [-0.1, -0.05) is 36.0 Å². The second-order valence-electron chi connectivity index (χ2n) is 6.29. The monoisotopic (exact) mass is 405 g/mol. The number of carbonyl (C=O) groups is 1. The molecule has 0 bridgehead atoms. The minimum Gasteiger partial charge on any atom is -0.467 e. The van der Waals surface area contributed by atoms with Crippen molar-refractivity contribution in [1.82, 2.24) is 25.1 Å². The van der Waals surface area contributed by atoms with Gasteiger partial charge >= 0.3 is 0 Å². The molecule has 146 valence electrons. The third-order valence-corrected chi connectivity index (χ3v) is 5.18. The van der Waals surface area contributed by atoms with E-state index in [1.54, 1.807) is 18.5 Å². The molecule has 3 heterocycles. The molecule has 3 aromatic heterocycles. The lowest BCUT2D eigenvalue weighted by Gasteiger charge is -2.12. The van der Waals surface area contributed by atoms with Crippen LogP contribution in [0.3, 0.4) is 0 Å². The van der Waals surface area contributed by atoms with Crippen LogP contribution in [0.4, 0.5) is 0 Å². The van der Waals surface area contributed by atoms with Crippen LogP contribution in [0.1, 0.15) is 11.3 Å². The zero-order valence-corrected chi connectivity index (χ0v) is 16.6. The predicted octanol–water partition coefficient (Wildman–Crippen LogP) is 3.64. The molecule has 7 nitrogen and oxygen atoms in total. The number of pyridine rings is 1. The number of nitrogens with one attached hydrogen (secondary N) is 1. The van der Waals surface area contributed by atoms with Crippen molar-refractivity contribution in [2.45, 2.75) is 18.6 Å². The van der Waals surface area contributed by atoms with E-state index >= 15 is 0 Å². The average molecular weight is 405 g/mol. The molecule has 1 aromatic carbocycles. The van der Waals surface area contributed by atoms with Gasteiger partial charge in [0.05, 0.1) is 24.2 Å². The van der Waals surface area contributed by atoms with Crippen LogP contribution in [-0.2, 0) is 11.3 Å². The molecule has 0 spiro atoms. The first-order valence-corrected chi connectivity index (χ1v) is 10.1. The molecule has 4 rings (SSSR count). The van der Waals surface area contributed by atoms with Crippen LogP contribution in [0, 0.1) is 6.92 Å². The number of aromatic nitrogens is 4. The van der Waals surface area contributed by atoms with Crippen molar-refractivity contribution < 1.29 is 9.21 Å². The van der Waals surface area contributed by atoms with E-state index in [0.717, 1.165) is 16.9 Å². The fourth-order valence-electron chi connectivity index (χ4n) is 2.84. The molecule has 8 heteroatoms. The van der Waals surface area contributed by atoms with E-state index in [1.807, 2.05) is 60.0 Å². The van der Waals surface area contributed by atoms with Crippen molar-refractivity contribution in [2.24, 2.45) is 0 Å². The van der Waals surface area contributed by atoms with Gasteiger partial charge in [-0.2, -0.15) is 0 Å². The van der Waals surface area contributed by atoms with Crippen molar-refractivity contribution in [3.8, 4) is 17.2 Å². The van der Waals surface area contributed by atoms with Gasteiger partial charge in [-0.25, -0.2) is 0 Å². The zero-order valence-electron chi connectivity index (χ0n) is 15.8. The summed E-state index contributed by atoms with van der Waals surface area (Å²) >= 11 is 1.33. The number of rotatable bonds is 7.